The number of sulfonamides is 1. The summed E-state index contributed by atoms with van der Waals surface area (Å²) in [6.07, 6.45) is 2.96. The molecule has 0 spiro atoms. The Morgan fingerprint density at radius 3 is 2.71 bits per heavy atom. The molecule has 0 radical (unpaired) electrons. The summed E-state index contributed by atoms with van der Waals surface area (Å²) < 4.78 is 38.1. The third-order valence-electron chi connectivity index (χ3n) is 3.51. The van der Waals surface area contributed by atoms with E-state index < -0.39 is 10.0 Å². The molecule has 3 rings (SSSR count). The van der Waals surface area contributed by atoms with E-state index in [1.807, 2.05) is 25.1 Å². The van der Waals surface area contributed by atoms with Crippen molar-refractivity contribution in [2.24, 2.45) is 0 Å². The van der Waals surface area contributed by atoms with E-state index in [2.05, 4.69) is 9.71 Å². The lowest BCUT2D eigenvalue weighted by Gasteiger charge is -2.12. The van der Waals surface area contributed by atoms with Crippen LogP contribution in [-0.4, -0.2) is 20.5 Å². The average Bonchev–Trinajstić information content (AvgIpc) is 3.11. The SMILES string of the molecule is COc1cc(S(=O)(=O)Nc2cc(-c3ccco3)ccc2C)ccn1. The molecule has 1 aromatic carbocycles. The summed E-state index contributed by atoms with van der Waals surface area (Å²) in [5.41, 5.74) is 2.07. The minimum absolute atomic E-state index is 0.0807. The van der Waals surface area contributed by atoms with Crippen molar-refractivity contribution in [2.75, 3.05) is 11.8 Å². The van der Waals surface area contributed by atoms with Gasteiger partial charge in [-0.2, -0.15) is 0 Å². The normalized spacial score (nSPS) is 11.2. The highest BCUT2D eigenvalue weighted by molar-refractivity contribution is 7.92. The number of ether oxygens (including phenoxy) is 1. The largest absolute Gasteiger partial charge is 0.481 e. The van der Waals surface area contributed by atoms with E-state index in [-0.39, 0.29) is 10.8 Å². The molecule has 7 heteroatoms. The van der Waals surface area contributed by atoms with Gasteiger partial charge in [-0.05, 0) is 36.8 Å². The molecule has 1 N–H and O–H groups in total. The van der Waals surface area contributed by atoms with Gasteiger partial charge in [0.2, 0.25) is 5.88 Å². The van der Waals surface area contributed by atoms with E-state index in [1.54, 1.807) is 18.4 Å². The number of pyridine rings is 1. The van der Waals surface area contributed by atoms with E-state index in [9.17, 15) is 8.42 Å². The lowest BCUT2D eigenvalue weighted by Crippen LogP contribution is -2.14. The highest BCUT2D eigenvalue weighted by atomic mass is 32.2. The Kier molecular flexibility index (Phi) is 4.26. The number of anilines is 1. The van der Waals surface area contributed by atoms with Crippen molar-refractivity contribution in [3.8, 4) is 17.2 Å². The second-order valence-corrected chi connectivity index (χ2v) is 6.83. The van der Waals surface area contributed by atoms with E-state index in [0.29, 0.717) is 11.4 Å². The molecule has 0 fully saturated rings. The third kappa shape index (κ3) is 3.26. The fourth-order valence-corrected chi connectivity index (χ4v) is 3.33. The summed E-state index contributed by atoms with van der Waals surface area (Å²) in [5.74, 6) is 0.903. The average molecular weight is 344 g/mol. The van der Waals surface area contributed by atoms with Crippen LogP contribution in [0.2, 0.25) is 0 Å². The predicted molar refractivity (Wildman–Crippen MR) is 90.5 cm³/mol. The molecule has 0 saturated heterocycles. The first kappa shape index (κ1) is 16.1. The second kappa shape index (κ2) is 6.37. The molecule has 0 unspecified atom stereocenters. The van der Waals surface area contributed by atoms with Crippen molar-refractivity contribution in [3.05, 3.63) is 60.5 Å². The summed E-state index contributed by atoms with van der Waals surface area (Å²) in [4.78, 5) is 4.00. The summed E-state index contributed by atoms with van der Waals surface area (Å²) in [5, 5.41) is 0. The molecule has 0 saturated carbocycles. The molecule has 0 bridgehead atoms. The zero-order valence-corrected chi connectivity index (χ0v) is 14.0. The van der Waals surface area contributed by atoms with Crippen LogP contribution in [0.25, 0.3) is 11.3 Å². The van der Waals surface area contributed by atoms with Gasteiger partial charge in [-0.15, -0.1) is 0 Å². The molecule has 2 aromatic heterocycles. The number of hydrogen-bond acceptors (Lipinski definition) is 5. The number of aromatic nitrogens is 1. The quantitative estimate of drug-likeness (QED) is 0.766. The van der Waals surface area contributed by atoms with Gasteiger partial charge in [-0.3, -0.25) is 4.72 Å². The highest BCUT2D eigenvalue weighted by Crippen LogP contribution is 2.27. The van der Waals surface area contributed by atoms with Gasteiger partial charge in [0.25, 0.3) is 10.0 Å². The first-order valence-corrected chi connectivity index (χ1v) is 8.65. The van der Waals surface area contributed by atoms with Gasteiger partial charge >= 0.3 is 0 Å². The number of nitrogens with zero attached hydrogens (tertiary/aromatic N) is 1. The number of methoxy groups -OCH3 is 1. The van der Waals surface area contributed by atoms with Crippen LogP contribution in [0.1, 0.15) is 5.56 Å². The van der Waals surface area contributed by atoms with Crippen LogP contribution in [-0.2, 0) is 10.0 Å². The Morgan fingerprint density at radius 1 is 1.17 bits per heavy atom. The minimum Gasteiger partial charge on any atom is -0.481 e. The standard InChI is InChI=1S/C17H16N2O4S/c1-12-5-6-13(16-4-3-9-23-16)10-15(12)19-24(20,21)14-7-8-18-17(11-14)22-2/h3-11,19H,1-2H3. The number of nitrogens with one attached hydrogen (secondary N) is 1. The van der Waals surface area contributed by atoms with Crippen LogP contribution in [0.15, 0.2) is 64.2 Å². The molecule has 2 heterocycles. The number of hydrogen-bond donors (Lipinski definition) is 1. The molecule has 0 aliphatic rings. The van der Waals surface area contributed by atoms with Crippen LogP contribution < -0.4 is 9.46 Å². The van der Waals surface area contributed by atoms with E-state index in [4.69, 9.17) is 9.15 Å². The van der Waals surface area contributed by atoms with Crippen molar-refractivity contribution in [3.63, 3.8) is 0 Å². The molecular formula is C17H16N2O4S. The van der Waals surface area contributed by atoms with Crippen molar-refractivity contribution in [1.29, 1.82) is 0 Å². The van der Waals surface area contributed by atoms with Gasteiger partial charge in [-0.1, -0.05) is 12.1 Å². The molecule has 6 nitrogen and oxygen atoms in total. The monoisotopic (exact) mass is 344 g/mol. The summed E-state index contributed by atoms with van der Waals surface area (Å²) >= 11 is 0. The number of rotatable bonds is 5. The van der Waals surface area contributed by atoms with Crippen LogP contribution in [0.5, 0.6) is 5.88 Å². The van der Waals surface area contributed by atoms with Gasteiger partial charge in [0.1, 0.15) is 5.76 Å². The summed E-state index contributed by atoms with van der Waals surface area (Å²) in [7, 11) is -2.32. The zero-order chi connectivity index (χ0) is 17.2. The van der Waals surface area contributed by atoms with Gasteiger partial charge < -0.3 is 9.15 Å². The molecule has 0 atom stereocenters. The van der Waals surface area contributed by atoms with E-state index in [0.717, 1.165) is 11.1 Å². The van der Waals surface area contributed by atoms with E-state index >= 15 is 0 Å². The Balaban J connectivity index is 1.96. The number of furan rings is 1. The van der Waals surface area contributed by atoms with E-state index in [1.165, 1.54) is 25.4 Å². The molecule has 0 amide bonds. The predicted octanol–water partition coefficient (Wildman–Crippen LogP) is 3.46. The summed E-state index contributed by atoms with van der Waals surface area (Å²) in [6.45, 7) is 1.83. The van der Waals surface area contributed by atoms with Crippen LogP contribution >= 0.6 is 0 Å². The van der Waals surface area contributed by atoms with Crippen molar-refractivity contribution in [1.82, 2.24) is 4.98 Å². The lowest BCUT2D eigenvalue weighted by molar-refractivity contribution is 0.396. The molecule has 0 aliphatic carbocycles. The third-order valence-corrected chi connectivity index (χ3v) is 4.88. The molecular weight excluding hydrogens is 328 g/mol. The highest BCUT2D eigenvalue weighted by Gasteiger charge is 2.17. The maximum atomic E-state index is 12.6. The Morgan fingerprint density at radius 2 is 2.00 bits per heavy atom. The maximum absolute atomic E-state index is 12.6. The minimum atomic E-state index is -3.75. The smallest absolute Gasteiger partial charge is 0.262 e. The first-order chi connectivity index (χ1) is 11.5. The van der Waals surface area contributed by atoms with Gasteiger partial charge in [0.05, 0.1) is 24.0 Å². The fraction of sp³-hybridized carbons (Fsp3) is 0.118. The van der Waals surface area contributed by atoms with Crippen LogP contribution in [0.3, 0.4) is 0 Å². The Hall–Kier alpha value is -2.80. The lowest BCUT2D eigenvalue weighted by atomic mass is 10.1. The maximum Gasteiger partial charge on any atom is 0.262 e. The molecule has 0 aliphatic heterocycles. The fourth-order valence-electron chi connectivity index (χ4n) is 2.20. The number of aryl methyl sites for hydroxylation is 1. The van der Waals surface area contributed by atoms with Gasteiger partial charge in [0, 0.05) is 17.8 Å². The van der Waals surface area contributed by atoms with Gasteiger partial charge in [0.15, 0.2) is 0 Å². The van der Waals surface area contributed by atoms with Crippen LogP contribution in [0.4, 0.5) is 5.69 Å². The van der Waals surface area contributed by atoms with Crippen molar-refractivity contribution in [2.45, 2.75) is 11.8 Å². The Labute approximate surface area is 140 Å². The first-order valence-electron chi connectivity index (χ1n) is 7.17. The topological polar surface area (TPSA) is 81.4 Å². The van der Waals surface area contributed by atoms with Crippen molar-refractivity contribution < 1.29 is 17.6 Å². The zero-order valence-electron chi connectivity index (χ0n) is 13.2. The molecule has 24 heavy (non-hydrogen) atoms. The van der Waals surface area contributed by atoms with Crippen molar-refractivity contribution >= 4 is 15.7 Å². The van der Waals surface area contributed by atoms with Crippen LogP contribution in [0, 0.1) is 6.92 Å². The molecule has 3 aromatic rings. The number of benzene rings is 1. The summed E-state index contributed by atoms with van der Waals surface area (Å²) in [6, 6.07) is 11.8. The van der Waals surface area contributed by atoms with Gasteiger partial charge in [-0.25, -0.2) is 13.4 Å². The second-order valence-electron chi connectivity index (χ2n) is 5.15. The Bertz CT molecular complexity index is 950. The molecule has 124 valence electrons.